The summed E-state index contributed by atoms with van der Waals surface area (Å²) < 4.78 is 152. The maximum Gasteiger partial charge on any atom is 0.416 e. The predicted octanol–water partition coefficient (Wildman–Crippen LogP) is 5.95. The lowest BCUT2D eigenvalue weighted by molar-refractivity contribution is -0.143. The van der Waals surface area contributed by atoms with Crippen molar-refractivity contribution in [1.82, 2.24) is 20.2 Å². The molecule has 3 aromatic rings. The zero-order valence-electron chi connectivity index (χ0n) is 25.4. The van der Waals surface area contributed by atoms with E-state index in [-0.39, 0.29) is 42.6 Å². The van der Waals surface area contributed by atoms with Crippen molar-refractivity contribution in [3.8, 4) is 0 Å². The van der Waals surface area contributed by atoms with Gasteiger partial charge in [0.1, 0.15) is 5.66 Å². The molecule has 1 aliphatic rings. The first-order chi connectivity index (χ1) is 22.0. The van der Waals surface area contributed by atoms with Crippen LogP contribution in [-0.4, -0.2) is 58.5 Å². The summed E-state index contributed by atoms with van der Waals surface area (Å²) in [6.45, 7) is 2.39. The zero-order chi connectivity index (χ0) is 36.0. The molecule has 0 aliphatic carbocycles. The van der Waals surface area contributed by atoms with E-state index >= 15 is 0 Å². The van der Waals surface area contributed by atoms with Crippen LogP contribution < -0.4 is 10.6 Å². The van der Waals surface area contributed by atoms with E-state index in [9.17, 15) is 52.7 Å². The summed E-state index contributed by atoms with van der Waals surface area (Å²) in [5.41, 5.74) is 0.0568. The van der Waals surface area contributed by atoms with Crippen molar-refractivity contribution in [2.75, 3.05) is 17.8 Å². The standard InChI is InChI=1S/C28H29F9N6O4S/c1-4-25(38)13-21(20-12-16(26(29,30)31)6-7-22(20)43(25)24(44)47-5-2)23-39-41-42(40-23)14-19(48(3,45)46)10-15-8-17(27(32,33)34)11-18(9-15)28(35,36)37/h6-9,11-12,19,21H,4-5,10,13-14,38H2,1-3H3/t19?,21-,25+/m0/s1. The highest BCUT2D eigenvalue weighted by atomic mass is 32.2. The quantitative estimate of drug-likeness (QED) is 0.283. The summed E-state index contributed by atoms with van der Waals surface area (Å²) in [5.74, 6) is -1.35. The van der Waals surface area contributed by atoms with Gasteiger partial charge in [0.25, 0.3) is 0 Å². The van der Waals surface area contributed by atoms with Crippen molar-refractivity contribution in [2.24, 2.45) is 5.73 Å². The number of sulfone groups is 1. The number of ether oxygens (including phenoxy) is 1. The molecule has 0 fully saturated rings. The zero-order valence-corrected chi connectivity index (χ0v) is 26.2. The fraction of sp³-hybridized carbons (Fsp3) is 0.500. The molecule has 0 bridgehead atoms. The van der Waals surface area contributed by atoms with E-state index in [2.05, 4.69) is 15.4 Å². The third kappa shape index (κ3) is 7.85. The van der Waals surface area contributed by atoms with E-state index in [1.54, 1.807) is 6.92 Å². The fourth-order valence-corrected chi connectivity index (χ4v) is 6.31. The largest absolute Gasteiger partial charge is 0.449 e. The average Bonchev–Trinajstić information content (AvgIpc) is 3.42. The molecule has 1 unspecified atom stereocenters. The van der Waals surface area contributed by atoms with E-state index in [0.29, 0.717) is 12.1 Å². The molecule has 2 aromatic carbocycles. The van der Waals surface area contributed by atoms with Crippen molar-refractivity contribution >= 4 is 21.6 Å². The molecule has 0 radical (unpaired) electrons. The van der Waals surface area contributed by atoms with Gasteiger partial charge in [0, 0.05) is 6.26 Å². The van der Waals surface area contributed by atoms with Gasteiger partial charge >= 0.3 is 24.6 Å². The van der Waals surface area contributed by atoms with Crippen LogP contribution in [0, 0.1) is 0 Å². The van der Waals surface area contributed by atoms with Crippen LogP contribution in [0.1, 0.15) is 66.2 Å². The number of anilines is 1. The number of alkyl halides is 9. The van der Waals surface area contributed by atoms with Crippen LogP contribution in [0.5, 0.6) is 0 Å². The summed E-state index contributed by atoms with van der Waals surface area (Å²) in [6.07, 6.45) is -16.3. The third-order valence-corrected chi connectivity index (χ3v) is 9.43. The third-order valence-electron chi connectivity index (χ3n) is 7.90. The predicted molar refractivity (Wildman–Crippen MR) is 151 cm³/mol. The Morgan fingerprint density at radius 1 is 0.979 bits per heavy atom. The number of nitrogens with two attached hydrogens (primary N) is 1. The molecule has 0 spiro atoms. The number of fused-ring (bicyclic) bond motifs is 1. The number of hydrogen-bond acceptors (Lipinski definition) is 8. The van der Waals surface area contributed by atoms with E-state index in [1.165, 1.54) is 6.92 Å². The topological polar surface area (TPSA) is 133 Å². The number of carbonyl (C=O) groups excluding carboxylic acids is 1. The second-order valence-electron chi connectivity index (χ2n) is 11.3. The Bertz CT molecular complexity index is 1740. The molecule has 0 saturated carbocycles. The Hall–Kier alpha value is -3.94. The normalized spacial score (nSPS) is 19.6. The van der Waals surface area contributed by atoms with Crippen LogP contribution in [0.3, 0.4) is 0 Å². The summed E-state index contributed by atoms with van der Waals surface area (Å²) in [7, 11) is -4.18. The Balaban J connectivity index is 1.75. The van der Waals surface area contributed by atoms with Gasteiger partial charge in [0.2, 0.25) is 0 Å². The highest BCUT2D eigenvalue weighted by Gasteiger charge is 2.47. The average molecular weight is 717 g/mol. The number of nitrogens with zero attached hydrogens (tertiary/aromatic N) is 5. The summed E-state index contributed by atoms with van der Waals surface area (Å²) >= 11 is 0. The number of hydrogen-bond donors (Lipinski definition) is 1. The first-order valence-electron chi connectivity index (χ1n) is 14.2. The van der Waals surface area contributed by atoms with Crippen LogP contribution >= 0.6 is 0 Å². The van der Waals surface area contributed by atoms with Crippen molar-refractivity contribution in [1.29, 1.82) is 0 Å². The lowest BCUT2D eigenvalue weighted by Gasteiger charge is -2.46. The lowest BCUT2D eigenvalue weighted by Crippen LogP contribution is -2.61. The van der Waals surface area contributed by atoms with Gasteiger partial charge in [-0.05, 0) is 78.9 Å². The molecule has 1 aliphatic heterocycles. The molecule has 264 valence electrons. The molecule has 3 atom stereocenters. The van der Waals surface area contributed by atoms with Gasteiger partial charge in [-0.3, -0.25) is 4.90 Å². The van der Waals surface area contributed by atoms with E-state index in [0.717, 1.165) is 34.2 Å². The van der Waals surface area contributed by atoms with Crippen molar-refractivity contribution < 1.29 is 57.5 Å². The van der Waals surface area contributed by atoms with Crippen LogP contribution in [0.15, 0.2) is 36.4 Å². The van der Waals surface area contributed by atoms with Gasteiger partial charge in [-0.15, -0.1) is 10.2 Å². The molecular weight excluding hydrogens is 687 g/mol. The minimum Gasteiger partial charge on any atom is -0.449 e. The monoisotopic (exact) mass is 716 g/mol. The summed E-state index contributed by atoms with van der Waals surface area (Å²) in [5, 5.41) is 10.2. The molecule has 2 heterocycles. The molecule has 1 aromatic heterocycles. The molecule has 2 N–H and O–H groups in total. The van der Waals surface area contributed by atoms with E-state index in [4.69, 9.17) is 10.5 Å². The number of rotatable bonds is 8. The number of tetrazole rings is 1. The molecule has 4 rings (SSSR count). The van der Waals surface area contributed by atoms with Gasteiger partial charge in [0.15, 0.2) is 15.7 Å². The summed E-state index contributed by atoms with van der Waals surface area (Å²) in [4.78, 5) is 14.7. The highest BCUT2D eigenvalue weighted by molar-refractivity contribution is 7.91. The fourth-order valence-electron chi connectivity index (χ4n) is 5.42. The molecular formula is C28H29F9N6O4S. The number of amides is 1. The molecule has 48 heavy (non-hydrogen) atoms. The van der Waals surface area contributed by atoms with Crippen LogP contribution in [0.2, 0.25) is 0 Å². The van der Waals surface area contributed by atoms with Gasteiger partial charge in [0.05, 0.1) is 46.7 Å². The second kappa shape index (κ2) is 12.8. The van der Waals surface area contributed by atoms with Crippen LogP contribution in [0.4, 0.5) is 50.0 Å². The summed E-state index contributed by atoms with van der Waals surface area (Å²) in [6, 6.07) is 3.31. The highest BCUT2D eigenvalue weighted by Crippen LogP contribution is 2.47. The Labute approximate surface area is 267 Å². The minimum absolute atomic E-state index is 0.0302. The SMILES string of the molecule is CCOC(=O)N1c2ccc(C(F)(F)F)cc2[C@@H](c2nnn(CC(Cc3cc(C(F)(F)F)cc(C(F)(F)F)c3)S(C)(=O)=O)n2)C[C@@]1(N)CC. The molecule has 0 saturated heterocycles. The molecule has 10 nitrogen and oxygen atoms in total. The van der Waals surface area contributed by atoms with Crippen LogP contribution in [0.25, 0.3) is 0 Å². The molecule has 20 heteroatoms. The minimum atomic E-state index is -5.17. The van der Waals surface area contributed by atoms with Crippen molar-refractivity contribution in [3.05, 3.63) is 70.0 Å². The van der Waals surface area contributed by atoms with E-state index in [1.807, 2.05) is 0 Å². The number of benzene rings is 2. The van der Waals surface area contributed by atoms with Gasteiger partial charge < -0.3 is 10.5 Å². The first kappa shape index (κ1) is 36.9. The van der Waals surface area contributed by atoms with Crippen LogP contribution in [-0.2, 0) is 46.1 Å². The van der Waals surface area contributed by atoms with E-state index < -0.39 is 86.5 Å². The number of halogens is 9. The van der Waals surface area contributed by atoms with Gasteiger partial charge in [-0.25, -0.2) is 13.2 Å². The molecule has 1 amide bonds. The Morgan fingerprint density at radius 2 is 1.56 bits per heavy atom. The Morgan fingerprint density at radius 3 is 2.06 bits per heavy atom. The second-order valence-corrected chi connectivity index (χ2v) is 13.6. The van der Waals surface area contributed by atoms with Crippen molar-refractivity contribution in [2.45, 2.75) is 75.0 Å². The maximum absolute atomic E-state index is 13.7. The first-order valence-corrected chi connectivity index (χ1v) is 16.1. The lowest BCUT2D eigenvalue weighted by atomic mass is 9.80. The van der Waals surface area contributed by atoms with Gasteiger partial charge in [-0.2, -0.15) is 44.3 Å². The maximum atomic E-state index is 13.7. The number of aromatic nitrogens is 4. The smallest absolute Gasteiger partial charge is 0.416 e. The van der Waals surface area contributed by atoms with Crippen molar-refractivity contribution in [3.63, 3.8) is 0 Å². The van der Waals surface area contributed by atoms with Gasteiger partial charge in [-0.1, -0.05) is 6.92 Å². The number of carbonyl (C=O) groups is 1. The Kier molecular flexibility index (Phi) is 9.86.